The van der Waals surface area contributed by atoms with Crippen molar-refractivity contribution in [2.75, 3.05) is 18.6 Å². The van der Waals surface area contributed by atoms with E-state index in [9.17, 15) is 4.79 Å². The van der Waals surface area contributed by atoms with E-state index in [1.54, 1.807) is 23.9 Å². The molecule has 2 N–H and O–H groups in total. The van der Waals surface area contributed by atoms with Crippen molar-refractivity contribution in [1.82, 2.24) is 4.90 Å². The van der Waals surface area contributed by atoms with Gasteiger partial charge in [-0.1, -0.05) is 19.1 Å². The van der Waals surface area contributed by atoms with E-state index >= 15 is 0 Å². The van der Waals surface area contributed by atoms with Crippen LogP contribution in [-0.4, -0.2) is 35.4 Å². The van der Waals surface area contributed by atoms with Crippen LogP contribution >= 0.6 is 11.8 Å². The number of hydrogen-bond donors (Lipinski definition) is 1. The van der Waals surface area contributed by atoms with Crippen molar-refractivity contribution in [3.8, 4) is 6.07 Å². The first kappa shape index (κ1) is 17.5. The maximum absolute atomic E-state index is 12.4. The van der Waals surface area contributed by atoms with Crippen LogP contribution < -0.4 is 5.73 Å². The highest BCUT2D eigenvalue weighted by Crippen LogP contribution is 2.10. The number of hydrogen-bond acceptors (Lipinski definition) is 4. The molecule has 0 bridgehead atoms. The largest absolute Gasteiger partial charge is 0.337 e. The van der Waals surface area contributed by atoms with Gasteiger partial charge < -0.3 is 10.6 Å². The van der Waals surface area contributed by atoms with Crippen LogP contribution in [0.3, 0.4) is 0 Å². The van der Waals surface area contributed by atoms with Crippen LogP contribution in [0.15, 0.2) is 24.3 Å². The van der Waals surface area contributed by atoms with Crippen LogP contribution in [0, 0.1) is 11.3 Å². The van der Waals surface area contributed by atoms with E-state index in [0.29, 0.717) is 25.1 Å². The van der Waals surface area contributed by atoms with E-state index in [4.69, 9.17) is 11.0 Å². The second-order valence-corrected chi connectivity index (χ2v) is 5.94. The Morgan fingerprint density at radius 1 is 1.43 bits per heavy atom. The zero-order valence-electron chi connectivity index (χ0n) is 12.7. The fourth-order valence-electron chi connectivity index (χ4n) is 2.04. The van der Waals surface area contributed by atoms with Gasteiger partial charge in [0.1, 0.15) is 0 Å². The Balaban J connectivity index is 2.71. The van der Waals surface area contributed by atoms with Gasteiger partial charge in [-0.2, -0.15) is 17.0 Å². The smallest absolute Gasteiger partial charge is 0.239 e. The summed E-state index contributed by atoms with van der Waals surface area (Å²) in [5, 5.41) is 8.80. The van der Waals surface area contributed by atoms with Gasteiger partial charge in [0.25, 0.3) is 0 Å². The molecule has 0 fully saturated rings. The summed E-state index contributed by atoms with van der Waals surface area (Å²) in [5.74, 6) is 0.902. The summed E-state index contributed by atoms with van der Waals surface area (Å²) in [6.45, 7) is 3.30. The third kappa shape index (κ3) is 5.78. The lowest BCUT2D eigenvalue weighted by Gasteiger charge is -2.25. The van der Waals surface area contributed by atoms with Crippen LogP contribution in [0.5, 0.6) is 0 Å². The number of nitrogens with two attached hydrogens (primary N) is 1. The fraction of sp³-hybridized carbons (Fsp3) is 0.500. The van der Waals surface area contributed by atoms with E-state index < -0.39 is 6.04 Å². The summed E-state index contributed by atoms with van der Waals surface area (Å²) in [7, 11) is 0. The summed E-state index contributed by atoms with van der Waals surface area (Å²) in [6.07, 6.45) is 3.61. The summed E-state index contributed by atoms with van der Waals surface area (Å²) < 4.78 is 0. The number of carbonyl (C=O) groups is 1. The normalized spacial score (nSPS) is 11.7. The molecule has 114 valence electrons. The van der Waals surface area contributed by atoms with E-state index in [0.717, 1.165) is 17.7 Å². The maximum atomic E-state index is 12.4. The SMILES string of the molecule is CCCN(Cc1ccc(C#N)cc1)C(=O)[C@H](N)CCSC. The molecule has 0 aliphatic rings. The van der Waals surface area contributed by atoms with E-state index in [-0.39, 0.29) is 5.91 Å². The first-order valence-electron chi connectivity index (χ1n) is 7.14. The topological polar surface area (TPSA) is 70.1 Å². The molecule has 0 saturated heterocycles. The fourth-order valence-corrected chi connectivity index (χ4v) is 2.53. The molecule has 0 radical (unpaired) electrons. The van der Waals surface area contributed by atoms with Crippen LogP contribution in [0.25, 0.3) is 0 Å². The molecule has 1 aromatic carbocycles. The minimum absolute atomic E-state index is 0.00950. The highest BCUT2D eigenvalue weighted by atomic mass is 32.2. The molecule has 0 aromatic heterocycles. The molecule has 21 heavy (non-hydrogen) atoms. The molecule has 1 atom stereocenters. The van der Waals surface area contributed by atoms with Gasteiger partial charge in [0.2, 0.25) is 5.91 Å². The lowest BCUT2D eigenvalue weighted by atomic mass is 10.1. The van der Waals surface area contributed by atoms with Gasteiger partial charge in [0.05, 0.1) is 17.7 Å². The summed E-state index contributed by atoms with van der Waals surface area (Å²) >= 11 is 1.70. The predicted octanol–water partition coefficient (Wildman–Crippen LogP) is 2.38. The van der Waals surface area contributed by atoms with Crippen molar-refractivity contribution in [3.05, 3.63) is 35.4 Å². The van der Waals surface area contributed by atoms with Crippen molar-refractivity contribution in [1.29, 1.82) is 5.26 Å². The standard InChI is InChI=1S/C16H23N3OS/c1-3-9-19(16(20)15(18)8-10-21-2)12-14-6-4-13(11-17)5-7-14/h4-7,15H,3,8-10,12,18H2,1-2H3/t15-/m1/s1. The second kappa shape index (κ2) is 9.43. The third-order valence-electron chi connectivity index (χ3n) is 3.21. The minimum atomic E-state index is -0.428. The van der Waals surface area contributed by atoms with Crippen LogP contribution in [0.1, 0.15) is 30.9 Å². The van der Waals surface area contributed by atoms with Crippen LogP contribution in [-0.2, 0) is 11.3 Å². The Hall–Kier alpha value is -1.51. The number of rotatable bonds is 8. The highest BCUT2D eigenvalue weighted by molar-refractivity contribution is 7.98. The summed E-state index contributed by atoms with van der Waals surface area (Å²) in [5.41, 5.74) is 7.64. The Morgan fingerprint density at radius 2 is 2.10 bits per heavy atom. The van der Waals surface area contributed by atoms with E-state index in [2.05, 4.69) is 6.07 Å². The first-order chi connectivity index (χ1) is 10.1. The molecule has 4 nitrogen and oxygen atoms in total. The molecular weight excluding hydrogens is 282 g/mol. The van der Waals surface area contributed by atoms with Crippen molar-refractivity contribution < 1.29 is 4.79 Å². The quantitative estimate of drug-likeness (QED) is 0.800. The van der Waals surface area contributed by atoms with Crippen molar-refractivity contribution >= 4 is 17.7 Å². The molecule has 1 rings (SSSR count). The van der Waals surface area contributed by atoms with Gasteiger partial charge in [-0.3, -0.25) is 4.79 Å². The summed E-state index contributed by atoms with van der Waals surface area (Å²) in [6, 6.07) is 9.00. The maximum Gasteiger partial charge on any atom is 0.239 e. The molecule has 1 aromatic rings. The summed E-state index contributed by atoms with van der Waals surface area (Å²) in [4.78, 5) is 14.2. The van der Waals surface area contributed by atoms with Crippen molar-refractivity contribution in [2.24, 2.45) is 5.73 Å². The Bertz CT molecular complexity index is 481. The Morgan fingerprint density at radius 3 is 2.62 bits per heavy atom. The molecule has 0 heterocycles. The van der Waals surface area contributed by atoms with Gasteiger partial charge in [-0.15, -0.1) is 0 Å². The zero-order chi connectivity index (χ0) is 15.7. The predicted molar refractivity (Wildman–Crippen MR) is 87.8 cm³/mol. The zero-order valence-corrected chi connectivity index (χ0v) is 13.5. The molecule has 5 heteroatoms. The van der Waals surface area contributed by atoms with Gasteiger partial charge >= 0.3 is 0 Å². The molecule has 0 spiro atoms. The van der Waals surface area contributed by atoms with E-state index in [1.807, 2.05) is 30.2 Å². The van der Waals surface area contributed by atoms with Crippen LogP contribution in [0.4, 0.5) is 0 Å². The number of nitrogens with zero attached hydrogens (tertiary/aromatic N) is 2. The average Bonchev–Trinajstić information content (AvgIpc) is 2.52. The molecule has 0 unspecified atom stereocenters. The lowest BCUT2D eigenvalue weighted by Crippen LogP contribution is -2.44. The molecular formula is C16H23N3OS. The number of thioether (sulfide) groups is 1. The van der Waals surface area contributed by atoms with Gasteiger partial charge in [-0.25, -0.2) is 0 Å². The minimum Gasteiger partial charge on any atom is -0.337 e. The first-order valence-corrected chi connectivity index (χ1v) is 8.54. The molecule has 0 aliphatic heterocycles. The second-order valence-electron chi connectivity index (χ2n) is 4.96. The Kier molecular flexibility index (Phi) is 7.88. The van der Waals surface area contributed by atoms with Gasteiger partial charge in [0.15, 0.2) is 0 Å². The lowest BCUT2D eigenvalue weighted by molar-refractivity contribution is -0.133. The number of benzene rings is 1. The molecule has 1 amide bonds. The van der Waals surface area contributed by atoms with E-state index in [1.165, 1.54) is 0 Å². The monoisotopic (exact) mass is 305 g/mol. The van der Waals surface area contributed by atoms with Gasteiger partial charge in [-0.05, 0) is 42.5 Å². The van der Waals surface area contributed by atoms with Crippen LogP contribution in [0.2, 0.25) is 0 Å². The highest BCUT2D eigenvalue weighted by Gasteiger charge is 2.20. The molecule has 0 aliphatic carbocycles. The van der Waals surface area contributed by atoms with Gasteiger partial charge in [0, 0.05) is 13.1 Å². The molecule has 0 saturated carbocycles. The van der Waals surface area contributed by atoms with Crippen molar-refractivity contribution in [2.45, 2.75) is 32.4 Å². The third-order valence-corrected chi connectivity index (χ3v) is 3.86. The number of nitriles is 1. The average molecular weight is 305 g/mol. The van der Waals surface area contributed by atoms with Crippen molar-refractivity contribution in [3.63, 3.8) is 0 Å². The number of amides is 1. The number of carbonyl (C=O) groups excluding carboxylic acids is 1. The Labute approximate surface area is 131 Å².